The Morgan fingerprint density at radius 1 is 1.50 bits per heavy atom. The van der Waals surface area contributed by atoms with Crippen LogP contribution in [0.3, 0.4) is 0 Å². The molecule has 2 N–H and O–H groups in total. The minimum Gasteiger partial charge on any atom is -0.436 e. The number of ether oxygens (including phenoxy) is 1. The zero-order valence-corrected chi connectivity index (χ0v) is 10.9. The van der Waals surface area contributed by atoms with Crippen molar-refractivity contribution in [2.75, 3.05) is 0 Å². The molecule has 0 aliphatic rings. The lowest BCUT2D eigenvalue weighted by molar-refractivity contribution is 0.461. The van der Waals surface area contributed by atoms with Gasteiger partial charge < -0.3 is 10.5 Å². The van der Waals surface area contributed by atoms with E-state index < -0.39 is 0 Å². The Labute approximate surface area is 111 Å². The molecular weight excluding hydrogens is 248 g/mol. The smallest absolute Gasteiger partial charge is 0.220 e. The molecule has 0 aromatic carbocycles. The molecule has 5 nitrogen and oxygen atoms in total. The van der Waals surface area contributed by atoms with Gasteiger partial charge in [-0.3, -0.25) is 4.68 Å². The second-order valence-corrected chi connectivity index (χ2v) is 4.21. The molecule has 0 unspecified atom stereocenters. The molecule has 0 atom stereocenters. The molecule has 94 valence electrons. The molecule has 6 heteroatoms. The number of nitrogens with two attached hydrogens (primary N) is 1. The zero-order chi connectivity index (χ0) is 13.0. The van der Waals surface area contributed by atoms with E-state index in [0.717, 1.165) is 13.0 Å². The fourth-order valence-electron chi connectivity index (χ4n) is 1.48. The number of rotatable bonds is 5. The highest BCUT2D eigenvalue weighted by molar-refractivity contribution is 7.80. The van der Waals surface area contributed by atoms with Gasteiger partial charge in [0, 0.05) is 12.6 Å². The molecule has 0 saturated carbocycles. The van der Waals surface area contributed by atoms with Gasteiger partial charge >= 0.3 is 0 Å². The van der Waals surface area contributed by atoms with Crippen molar-refractivity contribution in [1.82, 2.24) is 14.8 Å². The summed E-state index contributed by atoms with van der Waals surface area (Å²) >= 11 is 4.87. The van der Waals surface area contributed by atoms with Gasteiger partial charge in [0.25, 0.3) is 0 Å². The number of nitrogens with zero attached hydrogens (tertiary/aromatic N) is 3. The Morgan fingerprint density at radius 3 is 3.06 bits per heavy atom. The standard InChI is InChI=1S/C12H14N4OS/c1-2-6-16-8-9(7-14-16)17-11-5-3-4-10(15-11)12(13)18/h3-5,7-8H,2,6H2,1H3,(H2,13,18). The summed E-state index contributed by atoms with van der Waals surface area (Å²) in [5.41, 5.74) is 6.06. The van der Waals surface area contributed by atoms with Gasteiger partial charge in [0.2, 0.25) is 5.88 Å². The first-order valence-electron chi connectivity index (χ1n) is 5.66. The predicted octanol–water partition coefficient (Wildman–Crippen LogP) is 2.11. The highest BCUT2D eigenvalue weighted by atomic mass is 32.1. The Morgan fingerprint density at radius 2 is 2.33 bits per heavy atom. The second kappa shape index (κ2) is 5.59. The molecule has 18 heavy (non-hydrogen) atoms. The maximum atomic E-state index is 5.59. The number of thiocarbonyl (C=S) groups is 1. The van der Waals surface area contributed by atoms with E-state index in [2.05, 4.69) is 17.0 Å². The summed E-state index contributed by atoms with van der Waals surface area (Å²) in [6, 6.07) is 5.29. The third-order valence-corrected chi connectivity index (χ3v) is 2.47. The van der Waals surface area contributed by atoms with E-state index in [0.29, 0.717) is 17.3 Å². The fourth-order valence-corrected chi connectivity index (χ4v) is 1.59. The van der Waals surface area contributed by atoms with Crippen LogP contribution in [-0.4, -0.2) is 19.8 Å². The highest BCUT2D eigenvalue weighted by Crippen LogP contribution is 2.18. The minimum atomic E-state index is 0.252. The third-order valence-electron chi connectivity index (χ3n) is 2.26. The molecule has 0 spiro atoms. The van der Waals surface area contributed by atoms with Gasteiger partial charge in [-0.15, -0.1) is 0 Å². The van der Waals surface area contributed by atoms with Gasteiger partial charge in [-0.2, -0.15) is 5.10 Å². The molecule has 2 heterocycles. The van der Waals surface area contributed by atoms with Gasteiger partial charge in [0.05, 0.1) is 12.4 Å². The molecule has 0 saturated heterocycles. The Balaban J connectivity index is 2.12. The lowest BCUT2D eigenvalue weighted by Gasteiger charge is -2.03. The van der Waals surface area contributed by atoms with E-state index in [9.17, 15) is 0 Å². The molecule has 0 aliphatic carbocycles. The van der Waals surface area contributed by atoms with E-state index in [-0.39, 0.29) is 4.99 Å². The van der Waals surface area contributed by atoms with Gasteiger partial charge in [0.15, 0.2) is 5.75 Å². The molecule has 0 aliphatic heterocycles. The van der Waals surface area contributed by atoms with E-state index in [1.807, 2.05) is 10.9 Å². The zero-order valence-electron chi connectivity index (χ0n) is 10.0. The van der Waals surface area contributed by atoms with E-state index in [1.54, 1.807) is 24.4 Å². The second-order valence-electron chi connectivity index (χ2n) is 3.77. The van der Waals surface area contributed by atoms with Crippen LogP contribution in [-0.2, 0) is 6.54 Å². The molecule has 0 radical (unpaired) electrons. The van der Waals surface area contributed by atoms with Crippen LogP contribution in [0.15, 0.2) is 30.6 Å². The summed E-state index contributed by atoms with van der Waals surface area (Å²) < 4.78 is 7.41. The Hall–Kier alpha value is -1.95. The molecular formula is C12H14N4OS. The van der Waals surface area contributed by atoms with Gasteiger partial charge in [-0.1, -0.05) is 25.2 Å². The maximum Gasteiger partial charge on any atom is 0.220 e. The molecule has 2 rings (SSSR count). The number of aryl methyl sites for hydroxylation is 1. The normalized spacial score (nSPS) is 10.3. The van der Waals surface area contributed by atoms with Gasteiger partial charge in [-0.25, -0.2) is 4.98 Å². The van der Waals surface area contributed by atoms with Crippen molar-refractivity contribution in [3.8, 4) is 11.6 Å². The predicted molar refractivity (Wildman–Crippen MR) is 72.7 cm³/mol. The van der Waals surface area contributed by atoms with Crippen molar-refractivity contribution in [2.24, 2.45) is 5.73 Å². The highest BCUT2D eigenvalue weighted by Gasteiger charge is 2.04. The van der Waals surface area contributed by atoms with E-state index in [4.69, 9.17) is 22.7 Å². The number of pyridine rings is 1. The van der Waals surface area contributed by atoms with Crippen molar-refractivity contribution >= 4 is 17.2 Å². The first kappa shape index (κ1) is 12.5. The lowest BCUT2D eigenvalue weighted by atomic mass is 10.3. The van der Waals surface area contributed by atoms with Crippen LogP contribution in [0.5, 0.6) is 11.6 Å². The van der Waals surface area contributed by atoms with Crippen molar-refractivity contribution < 1.29 is 4.74 Å². The summed E-state index contributed by atoms with van der Waals surface area (Å²) in [7, 11) is 0. The molecule has 0 amide bonds. The van der Waals surface area contributed by atoms with Crippen LogP contribution in [0.2, 0.25) is 0 Å². The molecule has 0 bridgehead atoms. The van der Waals surface area contributed by atoms with E-state index in [1.165, 1.54) is 0 Å². The summed E-state index contributed by atoms with van der Waals surface area (Å²) in [6.07, 6.45) is 4.51. The number of hydrogen-bond acceptors (Lipinski definition) is 4. The maximum absolute atomic E-state index is 5.59. The molecule has 2 aromatic heterocycles. The van der Waals surface area contributed by atoms with Crippen LogP contribution in [0.25, 0.3) is 0 Å². The third kappa shape index (κ3) is 3.04. The lowest BCUT2D eigenvalue weighted by Crippen LogP contribution is -2.11. The van der Waals surface area contributed by atoms with Crippen molar-refractivity contribution in [1.29, 1.82) is 0 Å². The van der Waals surface area contributed by atoms with Crippen LogP contribution in [0.4, 0.5) is 0 Å². The van der Waals surface area contributed by atoms with Crippen molar-refractivity contribution in [2.45, 2.75) is 19.9 Å². The summed E-state index contributed by atoms with van der Waals surface area (Å²) in [6.45, 7) is 2.96. The average Bonchev–Trinajstić information content (AvgIpc) is 2.77. The topological polar surface area (TPSA) is 66.0 Å². The van der Waals surface area contributed by atoms with Gasteiger partial charge in [0.1, 0.15) is 10.7 Å². The van der Waals surface area contributed by atoms with Crippen molar-refractivity contribution in [3.63, 3.8) is 0 Å². The van der Waals surface area contributed by atoms with Crippen LogP contribution in [0, 0.1) is 0 Å². The minimum absolute atomic E-state index is 0.252. The van der Waals surface area contributed by atoms with Crippen LogP contribution < -0.4 is 10.5 Å². The SMILES string of the molecule is CCCn1cc(Oc2cccc(C(N)=S)n2)cn1. The van der Waals surface area contributed by atoms with Crippen molar-refractivity contribution in [3.05, 3.63) is 36.3 Å². The molecule has 2 aromatic rings. The van der Waals surface area contributed by atoms with Crippen LogP contribution in [0.1, 0.15) is 19.0 Å². The Kier molecular flexibility index (Phi) is 3.88. The fraction of sp³-hybridized carbons (Fsp3) is 0.250. The summed E-state index contributed by atoms with van der Waals surface area (Å²) in [4.78, 5) is 4.45. The summed E-state index contributed by atoms with van der Waals surface area (Å²) in [5.74, 6) is 1.10. The summed E-state index contributed by atoms with van der Waals surface area (Å²) in [5, 5.41) is 4.17. The number of hydrogen-bond donors (Lipinski definition) is 1. The largest absolute Gasteiger partial charge is 0.436 e. The van der Waals surface area contributed by atoms with E-state index >= 15 is 0 Å². The first-order valence-corrected chi connectivity index (χ1v) is 6.07. The molecule has 0 fully saturated rings. The number of aromatic nitrogens is 3. The average molecular weight is 262 g/mol. The quantitative estimate of drug-likeness (QED) is 0.836. The first-order chi connectivity index (χ1) is 8.69. The van der Waals surface area contributed by atoms with Gasteiger partial charge in [-0.05, 0) is 12.5 Å². The Bertz CT molecular complexity index is 553. The monoisotopic (exact) mass is 262 g/mol. The van der Waals surface area contributed by atoms with Crippen LogP contribution >= 0.6 is 12.2 Å².